The summed E-state index contributed by atoms with van der Waals surface area (Å²) in [4.78, 5) is 4.39. The Morgan fingerprint density at radius 1 is 0.864 bits per heavy atom. The molecule has 1 aromatic heterocycles. The van der Waals surface area contributed by atoms with Gasteiger partial charge >= 0.3 is 0 Å². The van der Waals surface area contributed by atoms with E-state index in [0.717, 1.165) is 28.1 Å². The fourth-order valence-corrected chi connectivity index (χ4v) is 2.35. The van der Waals surface area contributed by atoms with Crippen molar-refractivity contribution in [3.05, 3.63) is 72.9 Å². The van der Waals surface area contributed by atoms with E-state index in [1.54, 1.807) is 6.20 Å². The fourth-order valence-electron chi connectivity index (χ4n) is 2.35. The lowest BCUT2D eigenvalue weighted by atomic mass is 10.0. The molecule has 0 fully saturated rings. The van der Waals surface area contributed by atoms with Gasteiger partial charge < -0.3 is 9.84 Å². The SMILES string of the molecule is OCCOc1ccc(-c2ccccn2)cc1-c1ccccc1. The molecule has 0 amide bonds. The van der Waals surface area contributed by atoms with E-state index in [1.165, 1.54) is 0 Å². The van der Waals surface area contributed by atoms with Crippen LogP contribution in [-0.2, 0) is 0 Å². The van der Waals surface area contributed by atoms with E-state index >= 15 is 0 Å². The standard InChI is InChI=1S/C19H17NO2/c21-12-13-22-19-10-9-16(18-8-4-5-11-20-18)14-17(19)15-6-2-1-3-7-15/h1-11,14,21H,12-13H2. The van der Waals surface area contributed by atoms with Crippen LogP contribution in [0.15, 0.2) is 72.9 Å². The third kappa shape index (κ3) is 3.15. The van der Waals surface area contributed by atoms with Crippen molar-refractivity contribution in [3.63, 3.8) is 0 Å². The van der Waals surface area contributed by atoms with E-state index in [4.69, 9.17) is 9.84 Å². The highest BCUT2D eigenvalue weighted by Crippen LogP contribution is 2.33. The minimum atomic E-state index is -0.00375. The number of nitrogens with zero attached hydrogens (tertiary/aromatic N) is 1. The normalized spacial score (nSPS) is 10.4. The summed E-state index contributed by atoms with van der Waals surface area (Å²) in [6.45, 7) is 0.277. The van der Waals surface area contributed by atoms with E-state index in [0.29, 0.717) is 0 Å². The Kier molecular flexibility index (Phi) is 4.47. The Morgan fingerprint density at radius 3 is 2.41 bits per heavy atom. The summed E-state index contributed by atoms with van der Waals surface area (Å²) >= 11 is 0. The molecule has 0 radical (unpaired) electrons. The zero-order valence-electron chi connectivity index (χ0n) is 12.1. The van der Waals surface area contributed by atoms with Gasteiger partial charge in [-0.3, -0.25) is 4.98 Å². The van der Waals surface area contributed by atoms with Crippen LogP contribution in [0, 0.1) is 0 Å². The second-order valence-corrected chi connectivity index (χ2v) is 4.86. The fraction of sp³-hybridized carbons (Fsp3) is 0.105. The molecule has 3 rings (SSSR count). The average molecular weight is 291 g/mol. The molecule has 1 N–H and O–H groups in total. The van der Waals surface area contributed by atoms with Gasteiger partial charge in [0.15, 0.2) is 0 Å². The molecular weight excluding hydrogens is 274 g/mol. The largest absolute Gasteiger partial charge is 0.491 e. The van der Waals surface area contributed by atoms with Crippen molar-refractivity contribution in [2.45, 2.75) is 0 Å². The van der Waals surface area contributed by atoms with Gasteiger partial charge in [0.25, 0.3) is 0 Å². The van der Waals surface area contributed by atoms with Gasteiger partial charge in [0.2, 0.25) is 0 Å². The summed E-state index contributed by atoms with van der Waals surface area (Å²) < 4.78 is 5.66. The van der Waals surface area contributed by atoms with Crippen molar-refractivity contribution in [2.75, 3.05) is 13.2 Å². The number of aromatic nitrogens is 1. The third-order valence-corrected chi connectivity index (χ3v) is 3.37. The number of rotatable bonds is 5. The predicted molar refractivity (Wildman–Crippen MR) is 87.7 cm³/mol. The minimum absolute atomic E-state index is 0.00375. The first-order valence-electron chi connectivity index (χ1n) is 7.23. The molecule has 22 heavy (non-hydrogen) atoms. The highest BCUT2D eigenvalue weighted by molar-refractivity contribution is 5.76. The maximum absolute atomic E-state index is 8.99. The van der Waals surface area contributed by atoms with Crippen molar-refractivity contribution in [1.82, 2.24) is 4.98 Å². The average Bonchev–Trinajstić information content (AvgIpc) is 2.61. The highest BCUT2D eigenvalue weighted by atomic mass is 16.5. The molecule has 3 aromatic rings. The quantitative estimate of drug-likeness (QED) is 0.777. The van der Waals surface area contributed by atoms with E-state index in [-0.39, 0.29) is 13.2 Å². The summed E-state index contributed by atoms with van der Waals surface area (Å²) in [5.41, 5.74) is 4.04. The van der Waals surface area contributed by atoms with Gasteiger partial charge in [-0.1, -0.05) is 36.4 Å². The maximum Gasteiger partial charge on any atom is 0.127 e. The Bertz CT molecular complexity index is 727. The Labute approximate surface area is 129 Å². The van der Waals surface area contributed by atoms with E-state index in [9.17, 15) is 0 Å². The lowest BCUT2D eigenvalue weighted by molar-refractivity contribution is 0.202. The second kappa shape index (κ2) is 6.87. The van der Waals surface area contributed by atoms with Crippen LogP contribution in [0.2, 0.25) is 0 Å². The molecule has 0 saturated heterocycles. The number of hydrogen-bond donors (Lipinski definition) is 1. The zero-order chi connectivity index (χ0) is 15.2. The van der Waals surface area contributed by atoms with Crippen molar-refractivity contribution in [3.8, 4) is 28.1 Å². The number of ether oxygens (including phenoxy) is 1. The summed E-state index contributed by atoms with van der Waals surface area (Å²) in [6, 6.07) is 21.9. The van der Waals surface area contributed by atoms with Gasteiger partial charge in [0.05, 0.1) is 12.3 Å². The molecule has 0 aliphatic rings. The van der Waals surface area contributed by atoms with Gasteiger partial charge in [-0.05, 0) is 35.9 Å². The van der Waals surface area contributed by atoms with Crippen LogP contribution in [-0.4, -0.2) is 23.3 Å². The second-order valence-electron chi connectivity index (χ2n) is 4.86. The van der Waals surface area contributed by atoms with E-state index in [2.05, 4.69) is 11.1 Å². The van der Waals surface area contributed by atoms with Crippen LogP contribution in [0.5, 0.6) is 5.75 Å². The number of benzene rings is 2. The Balaban J connectivity index is 2.06. The molecule has 3 nitrogen and oxygen atoms in total. The molecule has 3 heteroatoms. The van der Waals surface area contributed by atoms with Gasteiger partial charge in [0.1, 0.15) is 12.4 Å². The predicted octanol–water partition coefficient (Wildman–Crippen LogP) is 3.79. The molecular formula is C19H17NO2. The van der Waals surface area contributed by atoms with Crippen LogP contribution >= 0.6 is 0 Å². The number of aliphatic hydroxyl groups is 1. The maximum atomic E-state index is 8.99. The van der Waals surface area contributed by atoms with Crippen molar-refractivity contribution in [1.29, 1.82) is 0 Å². The van der Waals surface area contributed by atoms with Crippen molar-refractivity contribution in [2.24, 2.45) is 0 Å². The number of hydrogen-bond acceptors (Lipinski definition) is 3. The van der Waals surface area contributed by atoms with E-state index in [1.807, 2.05) is 60.7 Å². The Hall–Kier alpha value is -2.65. The summed E-state index contributed by atoms with van der Waals surface area (Å²) in [7, 11) is 0. The van der Waals surface area contributed by atoms with Crippen LogP contribution in [0.4, 0.5) is 0 Å². The molecule has 0 aliphatic heterocycles. The number of pyridine rings is 1. The minimum Gasteiger partial charge on any atom is -0.491 e. The van der Waals surface area contributed by atoms with Crippen LogP contribution in [0.25, 0.3) is 22.4 Å². The lowest BCUT2D eigenvalue weighted by Gasteiger charge is -2.13. The first-order valence-corrected chi connectivity index (χ1v) is 7.23. The highest BCUT2D eigenvalue weighted by Gasteiger charge is 2.09. The van der Waals surface area contributed by atoms with Gasteiger partial charge in [-0.15, -0.1) is 0 Å². The first-order chi connectivity index (χ1) is 10.9. The zero-order valence-corrected chi connectivity index (χ0v) is 12.1. The summed E-state index contributed by atoms with van der Waals surface area (Å²) in [5, 5.41) is 8.99. The molecule has 0 saturated carbocycles. The molecule has 2 aromatic carbocycles. The van der Waals surface area contributed by atoms with Gasteiger partial charge in [0, 0.05) is 17.3 Å². The van der Waals surface area contributed by atoms with Crippen molar-refractivity contribution < 1.29 is 9.84 Å². The molecule has 0 unspecified atom stereocenters. The molecule has 0 spiro atoms. The van der Waals surface area contributed by atoms with E-state index < -0.39 is 0 Å². The van der Waals surface area contributed by atoms with Gasteiger partial charge in [-0.25, -0.2) is 0 Å². The summed E-state index contributed by atoms with van der Waals surface area (Å²) in [6.07, 6.45) is 1.79. The summed E-state index contributed by atoms with van der Waals surface area (Å²) in [5.74, 6) is 0.764. The lowest BCUT2D eigenvalue weighted by Crippen LogP contribution is -2.02. The smallest absolute Gasteiger partial charge is 0.127 e. The number of aliphatic hydroxyl groups excluding tert-OH is 1. The van der Waals surface area contributed by atoms with Crippen LogP contribution in [0.1, 0.15) is 0 Å². The first kappa shape index (κ1) is 14.3. The molecule has 0 aliphatic carbocycles. The van der Waals surface area contributed by atoms with Gasteiger partial charge in [-0.2, -0.15) is 0 Å². The van der Waals surface area contributed by atoms with Crippen molar-refractivity contribution >= 4 is 0 Å². The third-order valence-electron chi connectivity index (χ3n) is 3.37. The van der Waals surface area contributed by atoms with Crippen LogP contribution in [0.3, 0.4) is 0 Å². The molecule has 0 bridgehead atoms. The van der Waals surface area contributed by atoms with Crippen LogP contribution < -0.4 is 4.74 Å². The Morgan fingerprint density at radius 2 is 1.68 bits per heavy atom. The topological polar surface area (TPSA) is 42.4 Å². The molecule has 1 heterocycles. The monoisotopic (exact) mass is 291 g/mol. The molecule has 0 atom stereocenters. The molecule has 110 valence electrons.